The molecule has 0 unspecified atom stereocenters. The molecule has 184 valence electrons. The molecule has 0 nitrogen and oxygen atoms in total. The van der Waals surface area contributed by atoms with E-state index >= 15 is 0 Å². The average molecular weight is 683 g/mol. The Morgan fingerprint density at radius 1 is 0.513 bits per heavy atom. The third kappa shape index (κ3) is 6.11. The largest absolute Gasteiger partial charge is 4.00 e. The van der Waals surface area contributed by atoms with Gasteiger partial charge in [0.1, 0.15) is 0 Å². The van der Waals surface area contributed by atoms with Gasteiger partial charge < -0.3 is 0 Å². The topological polar surface area (TPSA) is 0 Å². The van der Waals surface area contributed by atoms with Crippen molar-refractivity contribution in [3.05, 3.63) is 163 Å². The van der Waals surface area contributed by atoms with E-state index in [0.29, 0.717) is 0 Å². The first-order valence-electron chi connectivity index (χ1n) is 13.0. The minimum Gasteiger partial charge on any atom is -0.165 e. The van der Waals surface area contributed by atoms with Gasteiger partial charge in [-0.15, -0.1) is 74.9 Å². The van der Waals surface area contributed by atoms with Crippen molar-refractivity contribution in [2.45, 2.75) is 6.92 Å². The molecule has 7 aromatic carbocycles. The third-order valence-corrected chi connectivity index (χ3v) is 9.27. The van der Waals surface area contributed by atoms with Crippen LogP contribution in [0.2, 0.25) is 0 Å². The summed E-state index contributed by atoms with van der Waals surface area (Å²) in [6, 6.07) is 56.6. The van der Waals surface area contributed by atoms with Crippen LogP contribution in [0.4, 0.5) is 0 Å². The van der Waals surface area contributed by atoms with Crippen LogP contribution in [0.3, 0.4) is 0 Å². The van der Waals surface area contributed by atoms with Crippen molar-refractivity contribution < 1.29 is 25.8 Å². The number of aryl methyl sites for hydroxylation is 1. The van der Waals surface area contributed by atoms with Crippen LogP contribution in [0.25, 0.3) is 32.7 Å². The SMILES string of the molecule is Cc1cc2c(-c3ccccc3)cccc2[cH-]1.[Hf+4].c1ccc(P(c2ccccc2)c2cc3ccccc3[cH-]2)cc1. The van der Waals surface area contributed by atoms with Gasteiger partial charge in [0, 0.05) is 0 Å². The minimum absolute atomic E-state index is 0. The molecule has 0 saturated carbocycles. The van der Waals surface area contributed by atoms with Gasteiger partial charge in [0.2, 0.25) is 0 Å². The summed E-state index contributed by atoms with van der Waals surface area (Å²) in [5, 5.41) is 9.57. The monoisotopic (exact) mass is 684 g/mol. The van der Waals surface area contributed by atoms with E-state index in [0.717, 1.165) is 0 Å². The molecule has 0 N–H and O–H groups in total. The van der Waals surface area contributed by atoms with Crippen LogP contribution in [-0.2, 0) is 25.8 Å². The number of hydrogen-bond donors (Lipinski definition) is 0. The third-order valence-electron chi connectivity index (χ3n) is 6.87. The summed E-state index contributed by atoms with van der Waals surface area (Å²) in [5.41, 5.74) is 3.95. The van der Waals surface area contributed by atoms with Gasteiger partial charge in [-0.05, 0) is 24.1 Å². The van der Waals surface area contributed by atoms with E-state index in [4.69, 9.17) is 0 Å². The number of benzene rings is 5. The van der Waals surface area contributed by atoms with Crippen LogP contribution in [-0.4, -0.2) is 0 Å². The molecule has 0 radical (unpaired) electrons. The van der Waals surface area contributed by atoms with Gasteiger partial charge in [0.15, 0.2) is 0 Å². The van der Waals surface area contributed by atoms with Gasteiger partial charge >= 0.3 is 25.8 Å². The van der Waals surface area contributed by atoms with Crippen molar-refractivity contribution in [3.63, 3.8) is 0 Å². The second kappa shape index (κ2) is 12.6. The zero-order chi connectivity index (χ0) is 25.7. The molecule has 0 fully saturated rings. The molecule has 0 aliphatic carbocycles. The van der Waals surface area contributed by atoms with Gasteiger partial charge in [-0.3, -0.25) is 0 Å². The van der Waals surface area contributed by atoms with Crippen LogP contribution in [0.15, 0.2) is 158 Å². The predicted octanol–water partition coefficient (Wildman–Crippen LogP) is 8.85. The molecule has 0 saturated heterocycles. The molecule has 2 heteroatoms. The van der Waals surface area contributed by atoms with Gasteiger partial charge in [-0.25, -0.2) is 0 Å². The van der Waals surface area contributed by atoms with Crippen LogP contribution in [0, 0.1) is 6.92 Å². The fourth-order valence-electron chi connectivity index (χ4n) is 5.12. The molecule has 0 aromatic heterocycles. The van der Waals surface area contributed by atoms with Gasteiger partial charge in [-0.2, -0.15) is 12.1 Å². The Bertz CT molecular complexity index is 1690. The first-order valence-corrected chi connectivity index (χ1v) is 14.4. The van der Waals surface area contributed by atoms with E-state index in [9.17, 15) is 0 Å². The molecular formula is C37H29HfP+2. The quantitative estimate of drug-likeness (QED) is 0.0989. The maximum absolute atomic E-state index is 2.35. The number of hydrogen-bond acceptors (Lipinski definition) is 0. The van der Waals surface area contributed by atoms with Crippen molar-refractivity contribution in [2.24, 2.45) is 0 Å². The zero-order valence-corrected chi connectivity index (χ0v) is 26.4. The summed E-state index contributed by atoms with van der Waals surface area (Å²) in [6.07, 6.45) is 0. The molecule has 7 rings (SSSR count). The normalized spacial score (nSPS) is 10.7. The van der Waals surface area contributed by atoms with Crippen LogP contribution in [0.1, 0.15) is 5.56 Å². The van der Waals surface area contributed by atoms with Crippen LogP contribution >= 0.6 is 7.92 Å². The molecular weight excluding hydrogens is 654 g/mol. The Morgan fingerprint density at radius 3 is 1.72 bits per heavy atom. The Balaban J connectivity index is 0.000000161. The van der Waals surface area contributed by atoms with Crippen molar-refractivity contribution in [3.8, 4) is 11.1 Å². The molecule has 0 atom stereocenters. The van der Waals surface area contributed by atoms with Gasteiger partial charge in [0.25, 0.3) is 0 Å². The summed E-state index contributed by atoms with van der Waals surface area (Å²) >= 11 is 0. The van der Waals surface area contributed by atoms with Gasteiger partial charge in [0.05, 0.1) is 0 Å². The van der Waals surface area contributed by atoms with E-state index in [-0.39, 0.29) is 25.8 Å². The first kappa shape index (κ1) is 27.2. The fourth-order valence-corrected chi connectivity index (χ4v) is 7.49. The molecule has 0 heterocycles. The minimum atomic E-state index is -0.493. The molecule has 0 spiro atoms. The summed E-state index contributed by atoms with van der Waals surface area (Å²) in [4.78, 5) is 0. The van der Waals surface area contributed by atoms with Crippen molar-refractivity contribution in [1.29, 1.82) is 0 Å². The zero-order valence-electron chi connectivity index (χ0n) is 22.0. The second-order valence-corrected chi connectivity index (χ2v) is 11.8. The molecule has 0 amide bonds. The predicted molar refractivity (Wildman–Crippen MR) is 168 cm³/mol. The maximum Gasteiger partial charge on any atom is 4.00 e. The van der Waals surface area contributed by atoms with Crippen molar-refractivity contribution >= 4 is 45.4 Å². The van der Waals surface area contributed by atoms with Crippen LogP contribution in [0.5, 0.6) is 0 Å². The summed E-state index contributed by atoms with van der Waals surface area (Å²) < 4.78 is 0. The van der Waals surface area contributed by atoms with E-state index in [2.05, 4.69) is 165 Å². The van der Waals surface area contributed by atoms with Crippen LogP contribution < -0.4 is 15.9 Å². The number of fused-ring (bicyclic) bond motifs is 2. The molecule has 0 aliphatic rings. The fraction of sp³-hybridized carbons (Fsp3) is 0.0270. The first-order chi connectivity index (χ1) is 18.8. The smallest absolute Gasteiger partial charge is 0.165 e. The maximum atomic E-state index is 2.35. The second-order valence-electron chi connectivity index (χ2n) is 9.56. The van der Waals surface area contributed by atoms with Crippen molar-refractivity contribution in [1.82, 2.24) is 0 Å². The standard InChI is InChI=1S/C21H16P.C16H13.Hf/c1-3-11-19(12-4-1)22(20-13-5-2-6-14-20)21-15-17-9-7-8-10-18(17)16-21;1-12-10-14-8-5-9-15(16(14)11-12)13-6-3-2-4-7-13;/h1-16H;2-11H,1H3;/q2*-1;+4. The summed E-state index contributed by atoms with van der Waals surface area (Å²) in [7, 11) is -0.493. The Labute approximate surface area is 251 Å². The summed E-state index contributed by atoms with van der Waals surface area (Å²) in [6.45, 7) is 2.15. The van der Waals surface area contributed by atoms with Gasteiger partial charge in [-0.1, -0.05) is 116 Å². The molecule has 39 heavy (non-hydrogen) atoms. The van der Waals surface area contributed by atoms with E-state index in [1.165, 1.54) is 54.1 Å². The van der Waals surface area contributed by atoms with E-state index < -0.39 is 7.92 Å². The Kier molecular flexibility index (Phi) is 8.82. The summed E-state index contributed by atoms with van der Waals surface area (Å²) in [5.74, 6) is 0. The average Bonchev–Trinajstić information content (AvgIpc) is 3.57. The molecule has 0 aliphatic heterocycles. The number of rotatable bonds is 4. The molecule has 0 bridgehead atoms. The van der Waals surface area contributed by atoms with E-state index in [1.807, 2.05) is 0 Å². The van der Waals surface area contributed by atoms with E-state index in [1.54, 1.807) is 0 Å². The van der Waals surface area contributed by atoms with Crippen molar-refractivity contribution in [2.75, 3.05) is 0 Å². The Hall–Kier alpha value is -3.38. The Morgan fingerprint density at radius 2 is 1.08 bits per heavy atom. The molecule has 7 aromatic rings.